The zero-order chi connectivity index (χ0) is 15.6. The van der Waals surface area contributed by atoms with Gasteiger partial charge in [-0.05, 0) is 12.1 Å². The Labute approximate surface area is 121 Å². The molecule has 1 aromatic rings. The SMILES string of the molecule is COc1cccc(/C=C2\C(=O)NC(=O)N(C)C2=O)c1OC. The van der Waals surface area contributed by atoms with Crippen molar-refractivity contribution in [2.75, 3.05) is 21.3 Å². The van der Waals surface area contributed by atoms with E-state index in [0.717, 1.165) is 4.90 Å². The van der Waals surface area contributed by atoms with Crippen LogP contribution in [0.5, 0.6) is 11.5 Å². The van der Waals surface area contributed by atoms with Gasteiger partial charge in [0, 0.05) is 12.6 Å². The van der Waals surface area contributed by atoms with Crippen LogP contribution in [-0.4, -0.2) is 44.0 Å². The maximum atomic E-state index is 12.0. The summed E-state index contributed by atoms with van der Waals surface area (Å²) in [6.07, 6.45) is 1.36. The van der Waals surface area contributed by atoms with Crippen molar-refractivity contribution in [2.24, 2.45) is 0 Å². The number of nitrogens with zero attached hydrogens (tertiary/aromatic N) is 1. The zero-order valence-corrected chi connectivity index (χ0v) is 11.8. The highest BCUT2D eigenvalue weighted by molar-refractivity contribution is 6.30. The molecule has 1 aliphatic heterocycles. The number of hydrogen-bond donors (Lipinski definition) is 1. The molecule has 0 saturated carbocycles. The van der Waals surface area contributed by atoms with Crippen LogP contribution in [0.25, 0.3) is 6.08 Å². The molecule has 1 heterocycles. The minimum atomic E-state index is -0.750. The first-order valence-corrected chi connectivity index (χ1v) is 6.05. The predicted octanol–water partition coefficient (Wildman–Crippen LogP) is 0.795. The molecule has 1 aliphatic rings. The molecule has 0 radical (unpaired) electrons. The molecular formula is C14H14N2O5. The molecule has 0 aromatic heterocycles. The molecule has 0 atom stereocenters. The summed E-state index contributed by atoms with van der Waals surface area (Å²) >= 11 is 0. The Morgan fingerprint density at radius 1 is 1.14 bits per heavy atom. The van der Waals surface area contributed by atoms with Crippen LogP contribution in [-0.2, 0) is 9.59 Å². The Hall–Kier alpha value is -2.83. The van der Waals surface area contributed by atoms with Crippen LogP contribution in [0.15, 0.2) is 23.8 Å². The number of likely N-dealkylation sites (N-methyl/N-ethyl adjacent to an activating group) is 1. The molecule has 7 heteroatoms. The standard InChI is InChI=1S/C14H14N2O5/c1-16-13(18)9(12(17)15-14(16)19)7-8-5-4-6-10(20-2)11(8)21-3/h4-7H,1-3H3,(H,15,17,19)/b9-7+. The highest BCUT2D eigenvalue weighted by Crippen LogP contribution is 2.32. The van der Waals surface area contributed by atoms with Crippen LogP contribution < -0.4 is 14.8 Å². The summed E-state index contributed by atoms with van der Waals surface area (Å²) in [7, 11) is 4.23. The van der Waals surface area contributed by atoms with E-state index in [1.54, 1.807) is 18.2 Å². The van der Waals surface area contributed by atoms with Gasteiger partial charge in [0.2, 0.25) is 0 Å². The van der Waals surface area contributed by atoms with Crippen LogP contribution in [0.3, 0.4) is 0 Å². The topological polar surface area (TPSA) is 84.9 Å². The molecule has 0 bridgehead atoms. The van der Waals surface area contributed by atoms with Crippen LogP contribution in [0.1, 0.15) is 5.56 Å². The van der Waals surface area contributed by atoms with Crippen molar-refractivity contribution < 1.29 is 23.9 Å². The van der Waals surface area contributed by atoms with E-state index in [2.05, 4.69) is 5.32 Å². The van der Waals surface area contributed by atoms with E-state index in [4.69, 9.17) is 9.47 Å². The first kappa shape index (κ1) is 14.6. The predicted molar refractivity (Wildman–Crippen MR) is 73.8 cm³/mol. The lowest BCUT2D eigenvalue weighted by Crippen LogP contribution is -2.52. The van der Waals surface area contributed by atoms with Crippen molar-refractivity contribution in [2.45, 2.75) is 0 Å². The fraction of sp³-hybridized carbons (Fsp3) is 0.214. The number of nitrogens with one attached hydrogen (secondary N) is 1. The summed E-state index contributed by atoms with van der Waals surface area (Å²) in [5.41, 5.74) is 0.349. The minimum Gasteiger partial charge on any atom is -0.493 e. The largest absolute Gasteiger partial charge is 0.493 e. The maximum absolute atomic E-state index is 12.0. The van der Waals surface area contributed by atoms with Crippen molar-refractivity contribution >= 4 is 23.9 Å². The van der Waals surface area contributed by atoms with E-state index < -0.39 is 17.8 Å². The van der Waals surface area contributed by atoms with E-state index >= 15 is 0 Å². The number of imide groups is 2. The van der Waals surface area contributed by atoms with Gasteiger partial charge < -0.3 is 9.47 Å². The minimum absolute atomic E-state index is 0.149. The highest BCUT2D eigenvalue weighted by atomic mass is 16.5. The quantitative estimate of drug-likeness (QED) is 0.657. The van der Waals surface area contributed by atoms with Crippen molar-refractivity contribution in [1.29, 1.82) is 0 Å². The number of rotatable bonds is 3. The molecule has 21 heavy (non-hydrogen) atoms. The van der Waals surface area contributed by atoms with E-state index in [1.807, 2.05) is 0 Å². The highest BCUT2D eigenvalue weighted by Gasteiger charge is 2.33. The molecule has 0 unspecified atom stereocenters. The number of para-hydroxylation sites is 1. The number of carbonyl (C=O) groups excluding carboxylic acids is 3. The first-order chi connectivity index (χ1) is 9.99. The van der Waals surface area contributed by atoms with Crippen molar-refractivity contribution in [1.82, 2.24) is 10.2 Å². The Morgan fingerprint density at radius 3 is 2.48 bits per heavy atom. The Balaban J connectivity index is 2.50. The molecule has 1 saturated heterocycles. The number of methoxy groups -OCH3 is 2. The van der Waals surface area contributed by atoms with Gasteiger partial charge in [-0.25, -0.2) is 4.79 Å². The van der Waals surface area contributed by atoms with Crippen LogP contribution in [0, 0.1) is 0 Å². The zero-order valence-electron chi connectivity index (χ0n) is 11.8. The van der Waals surface area contributed by atoms with E-state index in [9.17, 15) is 14.4 Å². The smallest absolute Gasteiger partial charge is 0.331 e. The van der Waals surface area contributed by atoms with Gasteiger partial charge in [-0.1, -0.05) is 12.1 Å². The van der Waals surface area contributed by atoms with Crippen molar-refractivity contribution in [3.05, 3.63) is 29.3 Å². The number of carbonyl (C=O) groups is 3. The molecule has 7 nitrogen and oxygen atoms in total. The molecular weight excluding hydrogens is 276 g/mol. The van der Waals surface area contributed by atoms with Gasteiger partial charge >= 0.3 is 6.03 Å². The Kier molecular flexibility index (Phi) is 3.93. The second-order valence-electron chi connectivity index (χ2n) is 4.26. The lowest BCUT2D eigenvalue weighted by molar-refractivity contribution is -0.129. The lowest BCUT2D eigenvalue weighted by atomic mass is 10.1. The molecule has 1 N–H and O–H groups in total. The molecule has 110 valence electrons. The number of barbiturate groups is 1. The summed E-state index contributed by atoms with van der Waals surface area (Å²) < 4.78 is 10.4. The third kappa shape index (κ3) is 2.58. The summed E-state index contributed by atoms with van der Waals surface area (Å²) in [5.74, 6) is -0.547. The summed E-state index contributed by atoms with van der Waals surface area (Å²) in [6.45, 7) is 0. The lowest BCUT2D eigenvalue weighted by Gasteiger charge is -2.22. The van der Waals surface area contributed by atoms with Gasteiger partial charge in [0.25, 0.3) is 11.8 Å². The first-order valence-electron chi connectivity index (χ1n) is 6.05. The average Bonchev–Trinajstić information content (AvgIpc) is 2.48. The maximum Gasteiger partial charge on any atom is 0.331 e. The molecule has 2 rings (SSSR count). The van der Waals surface area contributed by atoms with Crippen LogP contribution in [0.2, 0.25) is 0 Å². The van der Waals surface area contributed by atoms with Gasteiger partial charge in [0.05, 0.1) is 14.2 Å². The Bertz CT molecular complexity index is 651. The van der Waals surface area contributed by atoms with Gasteiger partial charge in [0.15, 0.2) is 11.5 Å². The van der Waals surface area contributed by atoms with Gasteiger partial charge in [0.1, 0.15) is 5.57 Å². The summed E-state index contributed by atoms with van der Waals surface area (Å²) in [6, 6.07) is 4.32. The van der Waals surface area contributed by atoms with E-state index in [1.165, 1.54) is 27.3 Å². The number of benzene rings is 1. The number of amides is 4. The Morgan fingerprint density at radius 2 is 1.86 bits per heavy atom. The summed E-state index contributed by atoms with van der Waals surface area (Å²) in [4.78, 5) is 36.0. The van der Waals surface area contributed by atoms with Gasteiger partial charge in [-0.15, -0.1) is 0 Å². The van der Waals surface area contributed by atoms with Crippen molar-refractivity contribution in [3.8, 4) is 11.5 Å². The van der Waals surface area contributed by atoms with Crippen LogP contribution in [0.4, 0.5) is 4.79 Å². The molecule has 1 fully saturated rings. The molecule has 0 aliphatic carbocycles. The van der Waals surface area contributed by atoms with Gasteiger partial charge in [-0.2, -0.15) is 0 Å². The van der Waals surface area contributed by atoms with Crippen LogP contribution >= 0.6 is 0 Å². The third-order valence-electron chi connectivity index (χ3n) is 3.04. The number of urea groups is 1. The second kappa shape index (κ2) is 5.66. The normalized spacial score (nSPS) is 17.0. The second-order valence-corrected chi connectivity index (χ2v) is 4.26. The fourth-order valence-electron chi connectivity index (χ4n) is 1.93. The molecule has 0 spiro atoms. The molecule has 4 amide bonds. The molecule has 1 aromatic carbocycles. The third-order valence-corrected chi connectivity index (χ3v) is 3.04. The average molecular weight is 290 g/mol. The van der Waals surface area contributed by atoms with Gasteiger partial charge in [-0.3, -0.25) is 19.8 Å². The van der Waals surface area contributed by atoms with E-state index in [0.29, 0.717) is 17.1 Å². The number of ether oxygens (including phenoxy) is 2. The van der Waals surface area contributed by atoms with Crippen molar-refractivity contribution in [3.63, 3.8) is 0 Å². The van der Waals surface area contributed by atoms with E-state index in [-0.39, 0.29) is 5.57 Å². The fourth-order valence-corrected chi connectivity index (χ4v) is 1.93. The monoisotopic (exact) mass is 290 g/mol. The summed E-state index contributed by atoms with van der Waals surface area (Å²) in [5, 5.41) is 2.08. The number of hydrogen-bond acceptors (Lipinski definition) is 5.